The molecule has 0 aromatic heterocycles. The van der Waals surface area contributed by atoms with Crippen molar-refractivity contribution in [2.45, 2.75) is 32.2 Å². The fourth-order valence-corrected chi connectivity index (χ4v) is 2.24. The molecule has 0 atom stereocenters. The number of benzene rings is 1. The Bertz CT molecular complexity index is 630. The first-order valence-electron chi connectivity index (χ1n) is 7.05. The van der Waals surface area contributed by atoms with Crippen molar-refractivity contribution in [1.82, 2.24) is 4.90 Å². The number of nitrogens with zero attached hydrogens (tertiary/aromatic N) is 2. The standard InChI is InChI=1S/C17H18N2O2/c1-13-12-15(6-5-14(13)4-2-11-20)17(21)19(10-3-9-18)16-7-8-16/h5-6,12,16,20H,3,7-8,10-11H2,1H3. The summed E-state index contributed by atoms with van der Waals surface area (Å²) in [6, 6.07) is 7.78. The van der Waals surface area contributed by atoms with E-state index in [1.54, 1.807) is 17.0 Å². The number of hydrogen-bond acceptors (Lipinski definition) is 3. The van der Waals surface area contributed by atoms with Crippen LogP contribution < -0.4 is 0 Å². The Morgan fingerprint density at radius 3 is 2.81 bits per heavy atom. The molecule has 1 aromatic carbocycles. The zero-order chi connectivity index (χ0) is 15.2. The van der Waals surface area contributed by atoms with E-state index in [0.717, 1.165) is 24.0 Å². The number of carbonyl (C=O) groups is 1. The molecule has 1 aromatic rings. The third-order valence-corrected chi connectivity index (χ3v) is 3.49. The fourth-order valence-electron chi connectivity index (χ4n) is 2.24. The lowest BCUT2D eigenvalue weighted by molar-refractivity contribution is 0.0746. The molecule has 2 rings (SSSR count). The zero-order valence-corrected chi connectivity index (χ0v) is 12.1. The number of carbonyl (C=O) groups excluding carboxylic acids is 1. The highest BCUT2D eigenvalue weighted by Crippen LogP contribution is 2.28. The summed E-state index contributed by atoms with van der Waals surface area (Å²) < 4.78 is 0. The van der Waals surface area contributed by atoms with Crippen molar-refractivity contribution in [2.24, 2.45) is 0 Å². The zero-order valence-electron chi connectivity index (χ0n) is 12.1. The summed E-state index contributed by atoms with van der Waals surface area (Å²) in [4.78, 5) is 14.4. The van der Waals surface area contributed by atoms with Gasteiger partial charge in [-0.2, -0.15) is 5.26 Å². The SMILES string of the molecule is Cc1cc(C(=O)N(CCC#N)C2CC2)ccc1C#CCO. The highest BCUT2D eigenvalue weighted by Gasteiger charge is 2.32. The number of amides is 1. The van der Waals surface area contributed by atoms with Crippen molar-refractivity contribution in [3.05, 3.63) is 34.9 Å². The van der Waals surface area contributed by atoms with E-state index in [9.17, 15) is 4.79 Å². The van der Waals surface area contributed by atoms with Gasteiger partial charge >= 0.3 is 0 Å². The summed E-state index contributed by atoms with van der Waals surface area (Å²) in [5.41, 5.74) is 2.36. The average Bonchev–Trinajstić information content (AvgIpc) is 3.31. The van der Waals surface area contributed by atoms with Gasteiger partial charge in [-0.15, -0.1) is 0 Å². The van der Waals surface area contributed by atoms with Crippen LogP contribution in [0.3, 0.4) is 0 Å². The lowest BCUT2D eigenvalue weighted by Gasteiger charge is -2.21. The van der Waals surface area contributed by atoms with E-state index < -0.39 is 0 Å². The second kappa shape index (κ2) is 6.92. The van der Waals surface area contributed by atoms with Crippen molar-refractivity contribution < 1.29 is 9.90 Å². The molecule has 4 nitrogen and oxygen atoms in total. The summed E-state index contributed by atoms with van der Waals surface area (Å²) in [6.45, 7) is 2.21. The van der Waals surface area contributed by atoms with Gasteiger partial charge in [-0.3, -0.25) is 4.79 Å². The fraction of sp³-hybridized carbons (Fsp3) is 0.412. The molecule has 1 N–H and O–H groups in total. The molecular weight excluding hydrogens is 264 g/mol. The van der Waals surface area contributed by atoms with Gasteiger partial charge < -0.3 is 10.0 Å². The molecule has 0 saturated heterocycles. The monoisotopic (exact) mass is 282 g/mol. The Kier molecular flexibility index (Phi) is 4.98. The third-order valence-electron chi connectivity index (χ3n) is 3.49. The molecule has 0 bridgehead atoms. The normalized spacial score (nSPS) is 13.0. The van der Waals surface area contributed by atoms with Gasteiger partial charge in [-0.05, 0) is 43.5 Å². The Hall–Kier alpha value is -2.30. The molecule has 1 amide bonds. The molecule has 0 radical (unpaired) electrons. The maximum Gasteiger partial charge on any atom is 0.254 e. The van der Waals surface area contributed by atoms with Crippen LogP contribution >= 0.6 is 0 Å². The van der Waals surface area contributed by atoms with Crippen molar-refractivity contribution in [2.75, 3.05) is 13.2 Å². The van der Waals surface area contributed by atoms with E-state index in [2.05, 4.69) is 17.9 Å². The first-order chi connectivity index (χ1) is 10.2. The summed E-state index contributed by atoms with van der Waals surface area (Å²) >= 11 is 0. The quantitative estimate of drug-likeness (QED) is 0.857. The predicted molar refractivity (Wildman–Crippen MR) is 79.4 cm³/mol. The number of aliphatic hydroxyl groups excluding tert-OH is 1. The van der Waals surface area contributed by atoms with Gasteiger partial charge in [0.05, 0.1) is 12.5 Å². The number of rotatable bonds is 4. The summed E-state index contributed by atoms with van der Waals surface area (Å²) in [7, 11) is 0. The predicted octanol–water partition coefficient (Wildman–Crippen LogP) is 1.86. The molecule has 1 aliphatic carbocycles. The molecular formula is C17H18N2O2. The minimum Gasteiger partial charge on any atom is -0.384 e. The highest BCUT2D eigenvalue weighted by molar-refractivity contribution is 5.95. The van der Waals surface area contributed by atoms with Gasteiger partial charge in [0.15, 0.2) is 0 Å². The second-order valence-corrected chi connectivity index (χ2v) is 5.13. The number of nitriles is 1. The summed E-state index contributed by atoms with van der Waals surface area (Å²) in [5, 5.41) is 17.4. The van der Waals surface area contributed by atoms with Gasteiger partial charge in [0, 0.05) is 23.7 Å². The van der Waals surface area contributed by atoms with E-state index >= 15 is 0 Å². The molecule has 108 valence electrons. The smallest absolute Gasteiger partial charge is 0.254 e. The van der Waals surface area contributed by atoms with E-state index in [0.29, 0.717) is 24.6 Å². The molecule has 0 spiro atoms. The van der Waals surface area contributed by atoms with E-state index in [1.807, 2.05) is 13.0 Å². The maximum atomic E-state index is 12.6. The Morgan fingerprint density at radius 2 is 2.24 bits per heavy atom. The van der Waals surface area contributed by atoms with Crippen LogP contribution in [0.25, 0.3) is 0 Å². The molecule has 1 aliphatic rings. The number of hydrogen-bond donors (Lipinski definition) is 1. The number of aliphatic hydroxyl groups is 1. The first-order valence-corrected chi connectivity index (χ1v) is 7.05. The Balaban J connectivity index is 2.18. The molecule has 0 unspecified atom stereocenters. The molecule has 1 fully saturated rings. The Labute approximate surface area is 125 Å². The Morgan fingerprint density at radius 1 is 1.48 bits per heavy atom. The number of aryl methyl sites for hydroxylation is 1. The van der Waals surface area contributed by atoms with Crippen molar-refractivity contribution in [1.29, 1.82) is 5.26 Å². The van der Waals surface area contributed by atoms with Crippen LogP contribution in [-0.4, -0.2) is 35.1 Å². The minimum absolute atomic E-state index is 0.0162. The molecule has 1 saturated carbocycles. The van der Waals surface area contributed by atoms with Gasteiger partial charge in [0.2, 0.25) is 0 Å². The van der Waals surface area contributed by atoms with Gasteiger partial charge in [0.25, 0.3) is 5.91 Å². The topological polar surface area (TPSA) is 64.3 Å². The highest BCUT2D eigenvalue weighted by atomic mass is 16.2. The van der Waals surface area contributed by atoms with Gasteiger partial charge in [0.1, 0.15) is 6.61 Å². The lowest BCUT2D eigenvalue weighted by Crippen LogP contribution is -2.34. The van der Waals surface area contributed by atoms with Crippen LogP contribution in [0.15, 0.2) is 18.2 Å². The van der Waals surface area contributed by atoms with E-state index in [-0.39, 0.29) is 12.5 Å². The minimum atomic E-state index is -0.177. The van der Waals surface area contributed by atoms with Crippen molar-refractivity contribution in [3.8, 4) is 17.9 Å². The van der Waals surface area contributed by atoms with Crippen LogP contribution in [0.2, 0.25) is 0 Å². The third kappa shape index (κ3) is 3.84. The van der Waals surface area contributed by atoms with Gasteiger partial charge in [-0.25, -0.2) is 0 Å². The van der Waals surface area contributed by atoms with Crippen molar-refractivity contribution in [3.63, 3.8) is 0 Å². The summed E-state index contributed by atoms with van der Waals surface area (Å²) in [6.07, 6.45) is 2.41. The average molecular weight is 282 g/mol. The largest absolute Gasteiger partial charge is 0.384 e. The second-order valence-electron chi connectivity index (χ2n) is 5.13. The van der Waals surface area contributed by atoms with E-state index in [4.69, 9.17) is 10.4 Å². The molecule has 21 heavy (non-hydrogen) atoms. The summed E-state index contributed by atoms with van der Waals surface area (Å²) in [5.74, 6) is 5.45. The van der Waals surface area contributed by atoms with Crippen molar-refractivity contribution >= 4 is 5.91 Å². The lowest BCUT2D eigenvalue weighted by atomic mass is 10.0. The van der Waals surface area contributed by atoms with Crippen LogP contribution in [0.5, 0.6) is 0 Å². The first kappa shape index (κ1) is 15.1. The molecule has 4 heteroatoms. The molecule has 0 heterocycles. The molecule has 0 aliphatic heterocycles. The van der Waals surface area contributed by atoms with E-state index in [1.165, 1.54) is 0 Å². The van der Waals surface area contributed by atoms with Gasteiger partial charge in [-0.1, -0.05) is 11.8 Å². The van der Waals surface area contributed by atoms with Crippen LogP contribution in [0, 0.1) is 30.1 Å². The maximum absolute atomic E-state index is 12.6. The van der Waals surface area contributed by atoms with Crippen LogP contribution in [-0.2, 0) is 0 Å². The van der Waals surface area contributed by atoms with Crippen LogP contribution in [0.1, 0.15) is 40.7 Å². The van der Waals surface area contributed by atoms with Crippen LogP contribution in [0.4, 0.5) is 0 Å².